The van der Waals surface area contributed by atoms with Gasteiger partial charge >= 0.3 is 0 Å². The van der Waals surface area contributed by atoms with Gasteiger partial charge in [-0.05, 0) is 6.42 Å². The smallest absolute Gasteiger partial charge is 0.225 e. The first-order chi connectivity index (χ1) is 17.5. The summed E-state index contributed by atoms with van der Waals surface area (Å²) in [6.45, 7) is 6.17. The second kappa shape index (κ2) is 12.4. The summed E-state index contributed by atoms with van der Waals surface area (Å²) in [5.74, 6) is -1.06. The predicted octanol–water partition coefficient (Wildman–Crippen LogP) is -3.19. The zero-order valence-electron chi connectivity index (χ0n) is 20.3. The zero-order valence-corrected chi connectivity index (χ0v) is 20.3. The summed E-state index contributed by atoms with van der Waals surface area (Å²) >= 11 is 0. The SMILES string of the molecule is Nc1ncnc2c1ncn2[C@@H]1C[C@H](C(=O)NCCC(=O)N2CCNCCNCCNCC2)[C@@H](O)[C@H]1O. The Hall–Kier alpha value is -2.91. The highest BCUT2D eigenvalue weighted by Crippen LogP contribution is 2.37. The molecule has 2 amide bonds. The average Bonchev–Trinajstić information content (AvgIpc) is 3.41. The molecular formula is C22H36N10O4. The van der Waals surface area contributed by atoms with Crippen LogP contribution in [0.4, 0.5) is 5.82 Å². The van der Waals surface area contributed by atoms with Crippen molar-refractivity contribution in [2.24, 2.45) is 5.92 Å². The number of aliphatic hydroxyl groups is 2. The molecule has 0 bridgehead atoms. The van der Waals surface area contributed by atoms with Crippen molar-refractivity contribution in [2.45, 2.75) is 31.1 Å². The lowest BCUT2D eigenvalue weighted by Crippen LogP contribution is -2.45. The number of hydrogen-bond donors (Lipinski definition) is 7. The van der Waals surface area contributed by atoms with E-state index in [0.29, 0.717) is 37.3 Å². The number of fused-ring (bicyclic) bond motifs is 1. The molecule has 198 valence electrons. The molecule has 8 N–H and O–H groups in total. The summed E-state index contributed by atoms with van der Waals surface area (Å²) < 4.78 is 1.62. The minimum absolute atomic E-state index is 0.0406. The summed E-state index contributed by atoms with van der Waals surface area (Å²) in [6, 6.07) is -0.603. The maximum atomic E-state index is 12.8. The minimum Gasteiger partial charge on any atom is -0.390 e. The highest BCUT2D eigenvalue weighted by molar-refractivity contribution is 5.82. The van der Waals surface area contributed by atoms with Crippen molar-refractivity contribution in [3.63, 3.8) is 0 Å². The van der Waals surface area contributed by atoms with Crippen molar-refractivity contribution in [3.8, 4) is 0 Å². The van der Waals surface area contributed by atoms with Crippen LogP contribution >= 0.6 is 0 Å². The van der Waals surface area contributed by atoms with Gasteiger partial charge in [0, 0.05) is 65.3 Å². The Morgan fingerprint density at radius 2 is 1.67 bits per heavy atom. The van der Waals surface area contributed by atoms with E-state index in [0.717, 1.165) is 26.2 Å². The average molecular weight is 505 g/mol. The van der Waals surface area contributed by atoms with Gasteiger partial charge in [-0.3, -0.25) is 9.59 Å². The topological polar surface area (TPSA) is 196 Å². The van der Waals surface area contributed by atoms with Gasteiger partial charge in [-0.25, -0.2) is 15.0 Å². The van der Waals surface area contributed by atoms with Crippen LogP contribution in [0.1, 0.15) is 18.9 Å². The molecule has 0 aromatic carbocycles. The van der Waals surface area contributed by atoms with Crippen LogP contribution in [0.25, 0.3) is 11.2 Å². The predicted molar refractivity (Wildman–Crippen MR) is 132 cm³/mol. The quantitative estimate of drug-likeness (QED) is 0.217. The van der Waals surface area contributed by atoms with E-state index < -0.39 is 30.1 Å². The number of nitrogen functional groups attached to an aromatic ring is 1. The van der Waals surface area contributed by atoms with Crippen LogP contribution in [-0.2, 0) is 9.59 Å². The molecule has 1 saturated heterocycles. The van der Waals surface area contributed by atoms with Crippen molar-refractivity contribution < 1.29 is 19.8 Å². The van der Waals surface area contributed by atoms with Crippen LogP contribution in [0, 0.1) is 5.92 Å². The second-order valence-corrected chi connectivity index (χ2v) is 9.15. The Kier molecular flexibility index (Phi) is 8.98. The standard InChI is InChI=1S/C22H36N10O4/c23-20-17-21(29-12-28-20)32(13-30-17)15-11-14(18(34)19(15)35)22(36)27-2-1-16(33)31-9-7-25-5-3-24-4-6-26-8-10-31/h12-15,18-19,24-26,34-35H,1-11H2,(H,27,36)(H2,23,28,29)/t14-,15+,18+,19-/m0/s1. The van der Waals surface area contributed by atoms with E-state index in [9.17, 15) is 19.8 Å². The van der Waals surface area contributed by atoms with Gasteiger partial charge < -0.3 is 46.7 Å². The van der Waals surface area contributed by atoms with Crippen molar-refractivity contribution in [1.82, 2.24) is 45.7 Å². The zero-order chi connectivity index (χ0) is 25.5. The molecule has 4 atom stereocenters. The molecule has 2 fully saturated rings. The Morgan fingerprint density at radius 1 is 1.00 bits per heavy atom. The van der Waals surface area contributed by atoms with Crippen molar-refractivity contribution in [1.29, 1.82) is 0 Å². The number of amides is 2. The molecular weight excluding hydrogens is 468 g/mol. The third-order valence-electron chi connectivity index (χ3n) is 6.80. The lowest BCUT2D eigenvalue weighted by molar-refractivity contribution is -0.131. The fourth-order valence-electron chi connectivity index (χ4n) is 4.76. The summed E-state index contributed by atoms with van der Waals surface area (Å²) in [5, 5.41) is 34.0. The lowest BCUT2D eigenvalue weighted by Gasteiger charge is -2.24. The van der Waals surface area contributed by atoms with Crippen molar-refractivity contribution >= 4 is 28.8 Å². The van der Waals surface area contributed by atoms with Crippen LogP contribution in [0.2, 0.25) is 0 Å². The number of rotatable bonds is 5. The lowest BCUT2D eigenvalue weighted by atomic mass is 10.0. The first kappa shape index (κ1) is 26.2. The molecule has 1 aliphatic heterocycles. The number of aliphatic hydroxyl groups excluding tert-OH is 2. The molecule has 1 saturated carbocycles. The number of nitrogens with zero attached hydrogens (tertiary/aromatic N) is 5. The van der Waals surface area contributed by atoms with Gasteiger partial charge in [0.1, 0.15) is 17.9 Å². The van der Waals surface area contributed by atoms with Crippen molar-refractivity contribution in [3.05, 3.63) is 12.7 Å². The van der Waals surface area contributed by atoms with E-state index in [2.05, 4.69) is 36.2 Å². The molecule has 36 heavy (non-hydrogen) atoms. The monoisotopic (exact) mass is 504 g/mol. The summed E-state index contributed by atoms with van der Waals surface area (Å²) in [6.07, 6.45) is 0.682. The molecule has 14 heteroatoms. The van der Waals surface area contributed by atoms with Gasteiger partial charge in [-0.1, -0.05) is 0 Å². The molecule has 2 aromatic rings. The normalized spacial score (nSPS) is 26.3. The van der Waals surface area contributed by atoms with Gasteiger partial charge in [0.05, 0.1) is 24.4 Å². The van der Waals surface area contributed by atoms with Gasteiger partial charge in [-0.2, -0.15) is 0 Å². The number of carbonyl (C=O) groups excluding carboxylic acids is 2. The maximum Gasteiger partial charge on any atom is 0.225 e. The Labute approximate surface area is 209 Å². The van der Waals surface area contributed by atoms with E-state index in [1.165, 1.54) is 12.7 Å². The summed E-state index contributed by atoms with van der Waals surface area (Å²) in [7, 11) is 0. The van der Waals surface area contributed by atoms with Gasteiger partial charge in [-0.15, -0.1) is 0 Å². The van der Waals surface area contributed by atoms with E-state index in [1.807, 2.05) is 0 Å². The summed E-state index contributed by atoms with van der Waals surface area (Å²) in [5.41, 5.74) is 6.66. The largest absolute Gasteiger partial charge is 0.390 e. The van der Waals surface area contributed by atoms with E-state index >= 15 is 0 Å². The molecule has 0 unspecified atom stereocenters. The number of aromatic nitrogens is 4. The number of hydrogen-bond acceptors (Lipinski definition) is 11. The molecule has 4 rings (SSSR count). The Balaban J connectivity index is 1.29. The minimum atomic E-state index is -1.26. The van der Waals surface area contributed by atoms with E-state index in [1.54, 1.807) is 9.47 Å². The van der Waals surface area contributed by atoms with Crippen LogP contribution in [-0.4, -0.2) is 118 Å². The second-order valence-electron chi connectivity index (χ2n) is 9.15. The highest BCUT2D eigenvalue weighted by atomic mass is 16.3. The van der Waals surface area contributed by atoms with Crippen LogP contribution in [0.15, 0.2) is 12.7 Å². The third kappa shape index (κ3) is 6.07. The van der Waals surface area contributed by atoms with E-state index in [4.69, 9.17) is 5.73 Å². The first-order valence-electron chi connectivity index (χ1n) is 12.4. The molecule has 3 heterocycles. The number of imidazole rings is 1. The number of nitrogens with two attached hydrogens (primary N) is 1. The molecule has 2 aromatic heterocycles. The van der Waals surface area contributed by atoms with Gasteiger partial charge in [0.2, 0.25) is 11.8 Å². The number of anilines is 1. The van der Waals surface area contributed by atoms with Crippen LogP contribution in [0.5, 0.6) is 0 Å². The molecule has 1 aliphatic carbocycles. The fourth-order valence-corrected chi connectivity index (χ4v) is 4.76. The summed E-state index contributed by atoms with van der Waals surface area (Å²) in [4.78, 5) is 39.7. The van der Waals surface area contributed by atoms with Crippen molar-refractivity contribution in [2.75, 3.05) is 64.6 Å². The number of nitrogens with one attached hydrogen (secondary N) is 4. The molecule has 0 radical (unpaired) electrons. The Bertz CT molecular complexity index is 1020. The van der Waals surface area contributed by atoms with Gasteiger partial charge in [0.25, 0.3) is 0 Å². The van der Waals surface area contributed by atoms with Gasteiger partial charge in [0.15, 0.2) is 11.5 Å². The fraction of sp³-hybridized carbons (Fsp3) is 0.682. The van der Waals surface area contributed by atoms with Crippen LogP contribution < -0.4 is 27.0 Å². The Morgan fingerprint density at radius 3 is 2.36 bits per heavy atom. The van der Waals surface area contributed by atoms with Crippen LogP contribution in [0.3, 0.4) is 0 Å². The highest BCUT2D eigenvalue weighted by Gasteiger charge is 2.46. The third-order valence-corrected chi connectivity index (χ3v) is 6.80. The van der Waals surface area contributed by atoms with E-state index in [-0.39, 0.29) is 31.1 Å². The molecule has 2 aliphatic rings. The molecule has 0 spiro atoms. The molecule has 14 nitrogen and oxygen atoms in total. The first-order valence-corrected chi connectivity index (χ1v) is 12.4. The number of carbonyl (C=O) groups is 2. The maximum absolute atomic E-state index is 12.8.